The van der Waals surface area contributed by atoms with E-state index in [-0.39, 0.29) is 24.1 Å². The lowest BCUT2D eigenvalue weighted by Crippen LogP contribution is -3.07. The molecule has 5 heterocycles. The Kier molecular flexibility index (Phi) is 8.72. The molecule has 12 aromatic rings. The summed E-state index contributed by atoms with van der Waals surface area (Å²) in [6, 6.07) is 75.6. The molecule has 348 valence electrons. The van der Waals surface area contributed by atoms with E-state index in [9.17, 15) is 0 Å². The van der Waals surface area contributed by atoms with Crippen LogP contribution in [0.2, 0.25) is 0 Å². The van der Waals surface area contributed by atoms with Crippen molar-refractivity contribution in [3.8, 4) is 5.75 Å². The number of ether oxygens (including phenoxy) is 1. The molecular formula is C67H49N4O2+. The fourth-order valence-electron chi connectivity index (χ4n) is 13.8. The summed E-state index contributed by atoms with van der Waals surface area (Å²) < 4.78 is 15.8. The second-order valence-corrected chi connectivity index (χ2v) is 20.3. The molecule has 0 radical (unpaired) electrons. The maximum atomic E-state index is 6.72. The van der Waals surface area contributed by atoms with Gasteiger partial charge in [-0.05, 0) is 115 Å². The highest BCUT2D eigenvalue weighted by molar-refractivity contribution is 6.21. The van der Waals surface area contributed by atoms with E-state index in [0.29, 0.717) is 0 Å². The number of nitrogens with one attached hydrogen (secondary N) is 1. The summed E-state index contributed by atoms with van der Waals surface area (Å²) in [4.78, 5) is 6.45. The fourth-order valence-corrected chi connectivity index (χ4v) is 13.8. The second-order valence-electron chi connectivity index (χ2n) is 20.3. The smallest absolute Gasteiger partial charge is 0.146 e. The summed E-state index contributed by atoms with van der Waals surface area (Å²) in [5, 5.41) is 6.16. The molecule has 3 aromatic heterocycles. The molecule has 0 amide bonds. The summed E-state index contributed by atoms with van der Waals surface area (Å²) in [6.07, 6.45) is 9.26. The molecule has 0 spiro atoms. The number of anilines is 5. The third-order valence-corrected chi connectivity index (χ3v) is 16.7. The number of benzene rings is 9. The number of para-hydroxylation sites is 6. The molecule has 4 aliphatic rings. The Balaban J connectivity index is 0.908. The number of aromatic nitrogens is 1. The van der Waals surface area contributed by atoms with Crippen molar-refractivity contribution in [3.05, 3.63) is 246 Å². The lowest BCUT2D eigenvalue weighted by atomic mass is 9.81. The molecule has 16 rings (SSSR count). The van der Waals surface area contributed by atoms with Gasteiger partial charge >= 0.3 is 0 Å². The van der Waals surface area contributed by atoms with Crippen LogP contribution in [-0.2, 0) is 6.42 Å². The minimum absolute atomic E-state index is 0.0836. The molecule has 1 N–H and O–H groups in total. The number of hydrogen-bond acceptors (Lipinski definition) is 4. The molecule has 2 aliphatic heterocycles. The van der Waals surface area contributed by atoms with E-state index in [1.165, 1.54) is 88.4 Å². The summed E-state index contributed by atoms with van der Waals surface area (Å²) in [5.41, 5.74) is 20.5. The molecule has 0 saturated carbocycles. The van der Waals surface area contributed by atoms with E-state index in [2.05, 4.69) is 240 Å². The first-order chi connectivity index (χ1) is 36.2. The SMILES string of the molecule is Cc1c(N(c2ccccc2)c2cccc3oc4ccccc4c23)ccc2c1N(c1ccccc1)C1Cc3c(n4c5ccccc5c5c([NH+](c6ccccc6)C6C=CCC7Oc8ccccc8C76)ccc3c54)C=C21. The molecule has 6 nitrogen and oxygen atoms in total. The van der Waals surface area contributed by atoms with Crippen molar-refractivity contribution in [3.63, 3.8) is 0 Å². The first-order valence-corrected chi connectivity index (χ1v) is 25.8. The highest BCUT2D eigenvalue weighted by Crippen LogP contribution is 2.56. The van der Waals surface area contributed by atoms with Crippen LogP contribution in [0.1, 0.15) is 40.3 Å². The van der Waals surface area contributed by atoms with Gasteiger partial charge in [0.25, 0.3) is 0 Å². The van der Waals surface area contributed by atoms with Gasteiger partial charge in [0.05, 0.1) is 56.5 Å². The molecule has 0 saturated heterocycles. The summed E-state index contributed by atoms with van der Waals surface area (Å²) in [6.45, 7) is 2.33. The van der Waals surface area contributed by atoms with Crippen molar-refractivity contribution in [2.24, 2.45) is 0 Å². The average Bonchev–Trinajstić information content (AvgIpc) is 4.29. The van der Waals surface area contributed by atoms with Crippen molar-refractivity contribution in [1.82, 2.24) is 4.40 Å². The largest absolute Gasteiger partial charge is 0.489 e. The van der Waals surface area contributed by atoms with E-state index in [0.717, 1.165) is 57.6 Å². The number of hydrogen-bond donors (Lipinski definition) is 1. The van der Waals surface area contributed by atoms with Crippen LogP contribution in [-0.4, -0.2) is 22.6 Å². The predicted octanol–water partition coefficient (Wildman–Crippen LogP) is 15.7. The average molecular weight is 942 g/mol. The highest BCUT2D eigenvalue weighted by atomic mass is 16.5. The van der Waals surface area contributed by atoms with E-state index in [1.54, 1.807) is 0 Å². The lowest BCUT2D eigenvalue weighted by Gasteiger charge is -2.35. The quantitative estimate of drug-likeness (QED) is 0.162. The molecule has 5 unspecified atom stereocenters. The zero-order valence-electron chi connectivity index (χ0n) is 40.2. The standard InChI is InChI=1S/C67H48N4O2/c1-41-52(68(42-19-5-2-6-20-42)54-29-17-33-61-63(54)48-26-12-15-31-59(48)72-61)37-35-45-50-40-58-51(39-57(50)70(66(41)45)44-23-9-4-10-24-44)46-36-38-56(65-47-25-11-14-28-53(47)71(58)67(46)65)69(43-21-7-3-8-22-43)55-30-18-34-62-64(55)49-27-13-16-32-60(49)73-62/h2-33,35-38,40,55,57,62,64H,34,39H2,1H3/p+1. The Hall–Kier alpha value is -8.84. The van der Waals surface area contributed by atoms with Crippen LogP contribution in [0.25, 0.3) is 60.8 Å². The van der Waals surface area contributed by atoms with E-state index < -0.39 is 0 Å². The van der Waals surface area contributed by atoms with Crippen molar-refractivity contribution in [1.29, 1.82) is 0 Å². The number of quaternary nitrogens is 1. The molecule has 2 aliphatic carbocycles. The molecule has 0 fully saturated rings. The lowest BCUT2D eigenvalue weighted by molar-refractivity contribution is -0.784. The van der Waals surface area contributed by atoms with Crippen LogP contribution in [0.5, 0.6) is 5.75 Å². The maximum Gasteiger partial charge on any atom is 0.146 e. The van der Waals surface area contributed by atoms with Gasteiger partial charge < -0.3 is 23.4 Å². The summed E-state index contributed by atoms with van der Waals surface area (Å²) >= 11 is 0. The van der Waals surface area contributed by atoms with Crippen LogP contribution < -0.4 is 19.4 Å². The first kappa shape index (κ1) is 40.8. The Bertz CT molecular complexity index is 4250. The van der Waals surface area contributed by atoms with Gasteiger partial charge in [0, 0.05) is 57.6 Å². The number of furan rings is 1. The molecule has 9 aromatic carbocycles. The minimum Gasteiger partial charge on any atom is -0.489 e. The van der Waals surface area contributed by atoms with Gasteiger partial charge in [0.1, 0.15) is 40.4 Å². The highest BCUT2D eigenvalue weighted by Gasteiger charge is 2.47. The number of rotatable bonds is 7. The predicted molar refractivity (Wildman–Crippen MR) is 299 cm³/mol. The zero-order chi connectivity index (χ0) is 47.9. The van der Waals surface area contributed by atoms with Gasteiger partial charge in [0.2, 0.25) is 0 Å². The minimum atomic E-state index is 0.0836. The van der Waals surface area contributed by atoms with Crippen LogP contribution >= 0.6 is 0 Å². The van der Waals surface area contributed by atoms with Crippen LogP contribution in [0.4, 0.5) is 39.8 Å². The van der Waals surface area contributed by atoms with Crippen molar-refractivity contribution >= 4 is 101 Å². The van der Waals surface area contributed by atoms with Gasteiger partial charge in [-0.15, -0.1) is 0 Å². The summed E-state index contributed by atoms with van der Waals surface area (Å²) in [7, 11) is 0. The van der Waals surface area contributed by atoms with E-state index >= 15 is 0 Å². The molecule has 0 bridgehead atoms. The maximum absolute atomic E-state index is 6.72. The van der Waals surface area contributed by atoms with Crippen molar-refractivity contribution < 1.29 is 14.1 Å². The van der Waals surface area contributed by atoms with Crippen LogP contribution in [0.15, 0.2) is 223 Å². The van der Waals surface area contributed by atoms with Crippen molar-refractivity contribution in [2.75, 3.05) is 9.80 Å². The molecule has 6 heteroatoms. The van der Waals surface area contributed by atoms with Gasteiger partial charge in [-0.25, -0.2) is 0 Å². The third-order valence-electron chi connectivity index (χ3n) is 16.7. The van der Waals surface area contributed by atoms with Gasteiger partial charge in [0.15, 0.2) is 0 Å². The number of fused-ring (bicyclic) bond motifs is 15. The topological polar surface area (TPSA) is 37.7 Å². The Morgan fingerprint density at radius 2 is 1.36 bits per heavy atom. The normalized spacial score (nSPS) is 19.0. The van der Waals surface area contributed by atoms with Gasteiger partial charge in [-0.1, -0.05) is 127 Å². The first-order valence-electron chi connectivity index (χ1n) is 25.8. The van der Waals surface area contributed by atoms with Crippen LogP contribution in [0, 0.1) is 6.92 Å². The number of nitrogens with zero attached hydrogens (tertiary/aromatic N) is 3. The van der Waals surface area contributed by atoms with E-state index in [1.807, 2.05) is 6.07 Å². The van der Waals surface area contributed by atoms with E-state index in [4.69, 9.17) is 9.15 Å². The Morgan fingerprint density at radius 1 is 0.616 bits per heavy atom. The van der Waals surface area contributed by atoms with Gasteiger partial charge in [-0.2, -0.15) is 0 Å². The molecule has 73 heavy (non-hydrogen) atoms. The third kappa shape index (κ3) is 5.78. The van der Waals surface area contributed by atoms with Crippen molar-refractivity contribution in [2.45, 2.75) is 43.9 Å². The Labute approximate surface area is 422 Å². The Morgan fingerprint density at radius 3 is 2.22 bits per heavy atom. The van der Waals surface area contributed by atoms with Crippen LogP contribution in [0.3, 0.4) is 0 Å². The summed E-state index contributed by atoms with van der Waals surface area (Å²) in [5.74, 6) is 1.24. The monoisotopic (exact) mass is 941 g/mol. The molecule has 5 atom stereocenters. The second kappa shape index (κ2) is 15.6. The zero-order valence-corrected chi connectivity index (χ0v) is 40.2. The van der Waals surface area contributed by atoms with Gasteiger partial charge in [-0.3, -0.25) is 4.90 Å². The fraction of sp³-hybridized carbons (Fsp3) is 0.104. The molecular weight excluding hydrogens is 893 g/mol.